The molecule has 0 atom stereocenters. The monoisotopic (exact) mass is 379 g/mol. The van der Waals surface area contributed by atoms with E-state index in [1.165, 1.54) is 12.1 Å². The van der Waals surface area contributed by atoms with Gasteiger partial charge in [0.25, 0.3) is 0 Å². The average Bonchev–Trinajstić information content (AvgIpc) is 2.70. The maximum atomic E-state index is 13.2. The maximum absolute atomic E-state index is 13.2. The molecular weight excluding hydrogens is 365 g/mol. The number of nitrogens with zero attached hydrogens (tertiary/aromatic N) is 1. The van der Waals surface area contributed by atoms with Gasteiger partial charge in [-0.25, -0.2) is 9.38 Å². The average molecular weight is 380 g/mol. The molecule has 4 aromatic rings. The smallest absolute Gasteiger partial charge is 0.136 e. The number of ether oxygens (including phenoxy) is 1. The van der Waals surface area contributed by atoms with Crippen molar-refractivity contribution in [3.05, 3.63) is 89.0 Å². The predicted octanol–water partition coefficient (Wildman–Crippen LogP) is 6.13. The summed E-state index contributed by atoms with van der Waals surface area (Å²) in [5.41, 5.74) is 2.20. The van der Waals surface area contributed by atoms with Crippen molar-refractivity contribution in [3.63, 3.8) is 0 Å². The summed E-state index contributed by atoms with van der Waals surface area (Å²) in [4.78, 5) is 4.66. The molecular formula is C22H15ClFNO2. The molecule has 0 aliphatic rings. The third-order valence-electron chi connectivity index (χ3n) is 4.16. The highest BCUT2D eigenvalue weighted by Crippen LogP contribution is 2.26. The van der Waals surface area contributed by atoms with E-state index in [1.807, 2.05) is 36.4 Å². The van der Waals surface area contributed by atoms with E-state index in [4.69, 9.17) is 20.8 Å². The molecule has 3 nitrogen and oxygen atoms in total. The van der Waals surface area contributed by atoms with E-state index in [0.29, 0.717) is 27.4 Å². The van der Waals surface area contributed by atoms with Crippen LogP contribution in [-0.2, 0) is 0 Å². The Balaban J connectivity index is 1.94. The van der Waals surface area contributed by atoms with Crippen LogP contribution in [0, 0.1) is 5.82 Å². The van der Waals surface area contributed by atoms with E-state index in [0.717, 1.165) is 16.7 Å². The third kappa shape index (κ3) is 3.71. The summed E-state index contributed by atoms with van der Waals surface area (Å²) in [6.07, 6.45) is 0. The number of fused-ring (bicyclic) bond motifs is 1. The number of methoxy groups -OCH3 is 1. The van der Waals surface area contributed by atoms with Gasteiger partial charge in [-0.05, 0) is 66.7 Å². The molecule has 0 N–H and O–H groups in total. The molecule has 0 unspecified atom stereocenters. The molecule has 0 spiro atoms. The van der Waals surface area contributed by atoms with Gasteiger partial charge in [0, 0.05) is 22.0 Å². The first kappa shape index (κ1) is 17.3. The molecule has 1 heterocycles. The Labute approximate surface area is 160 Å². The summed E-state index contributed by atoms with van der Waals surface area (Å²) in [7, 11) is 1.62. The van der Waals surface area contributed by atoms with Crippen LogP contribution in [0.25, 0.3) is 22.3 Å². The van der Waals surface area contributed by atoms with Gasteiger partial charge in [-0.1, -0.05) is 11.6 Å². The predicted molar refractivity (Wildman–Crippen MR) is 105 cm³/mol. The molecule has 0 aliphatic heterocycles. The summed E-state index contributed by atoms with van der Waals surface area (Å²) >= 11 is 6.16. The Morgan fingerprint density at radius 1 is 0.926 bits per heavy atom. The Hall–Kier alpha value is -3.11. The highest BCUT2D eigenvalue weighted by molar-refractivity contribution is 6.31. The lowest BCUT2D eigenvalue weighted by Crippen LogP contribution is -2.03. The van der Waals surface area contributed by atoms with Crippen molar-refractivity contribution in [2.75, 3.05) is 7.11 Å². The van der Waals surface area contributed by atoms with E-state index in [2.05, 4.69) is 4.99 Å². The lowest BCUT2D eigenvalue weighted by Gasteiger charge is -2.06. The highest BCUT2D eigenvalue weighted by Gasteiger charge is 2.07. The van der Waals surface area contributed by atoms with Gasteiger partial charge in [0.15, 0.2) is 0 Å². The van der Waals surface area contributed by atoms with Gasteiger partial charge >= 0.3 is 0 Å². The zero-order chi connectivity index (χ0) is 18.8. The second kappa shape index (κ2) is 7.25. The fourth-order valence-corrected chi connectivity index (χ4v) is 2.96. The van der Waals surface area contributed by atoms with Gasteiger partial charge < -0.3 is 9.15 Å². The van der Waals surface area contributed by atoms with Crippen molar-refractivity contribution >= 4 is 28.3 Å². The first-order chi connectivity index (χ1) is 13.1. The molecule has 0 saturated carbocycles. The van der Waals surface area contributed by atoms with Gasteiger partial charge in [0.1, 0.15) is 22.9 Å². The summed E-state index contributed by atoms with van der Waals surface area (Å²) in [6.45, 7) is 0. The zero-order valence-electron chi connectivity index (χ0n) is 14.4. The SMILES string of the molecule is COc1ccc(-c2cc(=Nc3ccc(F)cc3)c3cc(Cl)ccc3o2)cc1. The van der Waals surface area contributed by atoms with Gasteiger partial charge in [-0.2, -0.15) is 0 Å². The van der Waals surface area contributed by atoms with Gasteiger partial charge in [0.2, 0.25) is 0 Å². The molecule has 3 aromatic carbocycles. The standard InChI is InChI=1S/C22H15ClFNO2/c1-26-18-9-2-14(3-10-18)22-13-20(25-17-7-5-16(24)6-8-17)19-12-15(23)4-11-21(19)27-22/h2-13H,1H3. The van der Waals surface area contributed by atoms with Gasteiger partial charge in [0.05, 0.1) is 18.2 Å². The van der Waals surface area contributed by atoms with Crippen LogP contribution in [0.3, 0.4) is 0 Å². The minimum absolute atomic E-state index is 0.302. The topological polar surface area (TPSA) is 34.7 Å². The largest absolute Gasteiger partial charge is 0.497 e. The van der Waals surface area contributed by atoms with Crippen molar-refractivity contribution in [2.24, 2.45) is 4.99 Å². The normalized spacial score (nSPS) is 11.7. The second-order valence-electron chi connectivity index (χ2n) is 5.95. The van der Waals surface area contributed by atoms with E-state index in [9.17, 15) is 4.39 Å². The molecule has 27 heavy (non-hydrogen) atoms. The number of halogens is 2. The van der Waals surface area contributed by atoms with Gasteiger partial charge in [-0.15, -0.1) is 0 Å². The number of rotatable bonds is 3. The van der Waals surface area contributed by atoms with Crippen molar-refractivity contribution in [2.45, 2.75) is 0 Å². The number of hydrogen-bond donors (Lipinski definition) is 0. The first-order valence-corrected chi connectivity index (χ1v) is 8.68. The van der Waals surface area contributed by atoms with Crippen molar-refractivity contribution in [1.29, 1.82) is 0 Å². The quantitative estimate of drug-likeness (QED) is 0.429. The Bertz CT molecular complexity index is 1170. The lowest BCUT2D eigenvalue weighted by atomic mass is 10.1. The molecule has 0 aliphatic carbocycles. The molecule has 0 saturated heterocycles. The number of benzene rings is 3. The van der Waals surface area contributed by atoms with Crippen LogP contribution in [0.15, 0.2) is 82.2 Å². The second-order valence-corrected chi connectivity index (χ2v) is 6.39. The minimum Gasteiger partial charge on any atom is -0.497 e. The maximum Gasteiger partial charge on any atom is 0.136 e. The molecule has 0 amide bonds. The first-order valence-electron chi connectivity index (χ1n) is 8.30. The van der Waals surface area contributed by atoms with E-state index < -0.39 is 0 Å². The molecule has 4 rings (SSSR count). The molecule has 0 fully saturated rings. The minimum atomic E-state index is -0.302. The Kier molecular flexibility index (Phi) is 4.65. The van der Waals surface area contributed by atoms with Crippen LogP contribution in [0.5, 0.6) is 5.75 Å². The van der Waals surface area contributed by atoms with Crippen LogP contribution in [0.1, 0.15) is 0 Å². The van der Waals surface area contributed by atoms with E-state index >= 15 is 0 Å². The fourth-order valence-electron chi connectivity index (χ4n) is 2.79. The summed E-state index contributed by atoms with van der Waals surface area (Å²) in [5, 5.41) is 2.06. The molecule has 134 valence electrons. The summed E-state index contributed by atoms with van der Waals surface area (Å²) in [5.74, 6) is 1.12. The van der Waals surface area contributed by atoms with E-state index in [-0.39, 0.29) is 5.82 Å². The Morgan fingerprint density at radius 2 is 1.67 bits per heavy atom. The number of hydrogen-bond acceptors (Lipinski definition) is 3. The van der Waals surface area contributed by atoms with Crippen LogP contribution < -0.4 is 10.1 Å². The zero-order valence-corrected chi connectivity index (χ0v) is 15.2. The molecule has 0 radical (unpaired) electrons. The fraction of sp³-hybridized carbons (Fsp3) is 0.0455. The summed E-state index contributed by atoms with van der Waals surface area (Å²) < 4.78 is 24.5. The lowest BCUT2D eigenvalue weighted by molar-refractivity contribution is 0.415. The van der Waals surface area contributed by atoms with Crippen LogP contribution in [0.2, 0.25) is 5.02 Å². The molecule has 1 aromatic heterocycles. The van der Waals surface area contributed by atoms with Crippen molar-refractivity contribution in [3.8, 4) is 17.1 Å². The van der Waals surface area contributed by atoms with Crippen LogP contribution >= 0.6 is 11.6 Å². The van der Waals surface area contributed by atoms with Crippen LogP contribution in [0.4, 0.5) is 10.1 Å². The Morgan fingerprint density at radius 3 is 2.37 bits per heavy atom. The third-order valence-corrected chi connectivity index (χ3v) is 4.39. The van der Waals surface area contributed by atoms with Gasteiger partial charge in [-0.3, -0.25) is 0 Å². The van der Waals surface area contributed by atoms with E-state index in [1.54, 1.807) is 31.4 Å². The highest BCUT2D eigenvalue weighted by atomic mass is 35.5. The molecule has 0 bridgehead atoms. The van der Waals surface area contributed by atoms with Crippen molar-refractivity contribution < 1.29 is 13.5 Å². The van der Waals surface area contributed by atoms with Crippen molar-refractivity contribution in [1.82, 2.24) is 0 Å². The summed E-state index contributed by atoms with van der Waals surface area (Å²) in [6, 6.07) is 20.8. The van der Waals surface area contributed by atoms with Crippen LogP contribution in [-0.4, -0.2) is 7.11 Å². The molecule has 5 heteroatoms.